The van der Waals surface area contributed by atoms with E-state index in [-0.39, 0.29) is 45.1 Å². The molecule has 0 radical (unpaired) electrons. The minimum Gasteiger partial charge on any atom is -0.465 e. The number of ketones is 2. The molecule has 1 unspecified atom stereocenters. The van der Waals surface area contributed by atoms with Crippen LogP contribution in [0.5, 0.6) is 0 Å². The van der Waals surface area contributed by atoms with Gasteiger partial charge >= 0.3 is 11.9 Å². The molecule has 0 spiro atoms. The van der Waals surface area contributed by atoms with Crippen molar-refractivity contribution in [2.75, 3.05) is 12.4 Å². The lowest BCUT2D eigenvalue weighted by molar-refractivity contribution is -0.384. The number of benzene rings is 3. The van der Waals surface area contributed by atoms with Gasteiger partial charge in [0.1, 0.15) is 0 Å². The number of esters is 2. The molecule has 3 aromatic carbocycles. The number of hydrogen-bond donors (Lipinski definition) is 1. The largest absolute Gasteiger partial charge is 0.465 e. The van der Waals surface area contributed by atoms with Crippen LogP contribution in [0.25, 0.3) is 0 Å². The Hall–Kier alpha value is -5.19. The molecular weight excluding hydrogens is 484 g/mol. The molecule has 4 rings (SSSR count). The molecule has 1 amide bonds. The summed E-state index contributed by atoms with van der Waals surface area (Å²) in [6.45, 7) is 1.27. The first kappa shape index (κ1) is 24.9. The van der Waals surface area contributed by atoms with Gasteiger partial charge in [0, 0.05) is 40.1 Å². The predicted octanol–water partition coefficient (Wildman–Crippen LogP) is 3.34. The van der Waals surface area contributed by atoms with E-state index < -0.39 is 34.6 Å². The number of anilines is 1. The maximum atomic E-state index is 12.9. The van der Waals surface area contributed by atoms with E-state index >= 15 is 0 Å². The summed E-state index contributed by atoms with van der Waals surface area (Å²) in [5, 5.41) is 13.7. The second-order valence-electron chi connectivity index (χ2n) is 8.02. The summed E-state index contributed by atoms with van der Waals surface area (Å²) >= 11 is 0. The van der Waals surface area contributed by atoms with Crippen LogP contribution in [0.2, 0.25) is 0 Å². The topological polar surface area (TPSA) is 159 Å². The Labute approximate surface area is 209 Å². The van der Waals surface area contributed by atoms with Crippen molar-refractivity contribution in [3.8, 4) is 0 Å². The molecule has 0 heterocycles. The van der Waals surface area contributed by atoms with Crippen molar-refractivity contribution in [2.45, 2.75) is 13.0 Å². The molecule has 3 aromatic rings. The minimum absolute atomic E-state index is 0.123. The number of nitro groups is 1. The molecule has 0 aromatic heterocycles. The lowest BCUT2D eigenvalue weighted by atomic mass is 9.84. The molecular formula is C26H18N2O9. The van der Waals surface area contributed by atoms with Crippen LogP contribution in [0.4, 0.5) is 11.4 Å². The highest BCUT2D eigenvalue weighted by Crippen LogP contribution is 2.29. The van der Waals surface area contributed by atoms with Crippen LogP contribution in [0, 0.1) is 10.1 Å². The number of non-ortho nitro benzene ring substituents is 1. The van der Waals surface area contributed by atoms with Gasteiger partial charge in [-0.2, -0.15) is 0 Å². The quantitative estimate of drug-likeness (QED) is 0.237. The fourth-order valence-corrected chi connectivity index (χ4v) is 3.77. The van der Waals surface area contributed by atoms with E-state index in [9.17, 15) is 34.1 Å². The molecule has 11 heteroatoms. The van der Waals surface area contributed by atoms with E-state index in [1.807, 2.05) is 0 Å². The zero-order valence-corrected chi connectivity index (χ0v) is 19.5. The average Bonchev–Trinajstić information content (AvgIpc) is 2.90. The molecule has 186 valence electrons. The summed E-state index contributed by atoms with van der Waals surface area (Å²) in [6, 6.07) is 13.6. The van der Waals surface area contributed by atoms with Crippen LogP contribution in [-0.4, -0.2) is 47.5 Å². The first-order chi connectivity index (χ1) is 17.6. The predicted molar refractivity (Wildman–Crippen MR) is 128 cm³/mol. The fourth-order valence-electron chi connectivity index (χ4n) is 3.77. The smallest absolute Gasteiger partial charge is 0.339 e. The molecule has 1 atom stereocenters. The molecule has 0 bridgehead atoms. The van der Waals surface area contributed by atoms with Gasteiger partial charge in [0.2, 0.25) is 0 Å². The van der Waals surface area contributed by atoms with Crippen molar-refractivity contribution < 1.29 is 38.4 Å². The summed E-state index contributed by atoms with van der Waals surface area (Å²) in [6.07, 6.45) is -1.36. The number of nitro benzene ring substituents is 1. The van der Waals surface area contributed by atoms with Gasteiger partial charge in [0.25, 0.3) is 11.6 Å². The van der Waals surface area contributed by atoms with Gasteiger partial charge in [-0.1, -0.05) is 24.3 Å². The van der Waals surface area contributed by atoms with Gasteiger partial charge in [-0.25, -0.2) is 9.59 Å². The van der Waals surface area contributed by atoms with Crippen molar-refractivity contribution in [1.29, 1.82) is 0 Å². The Balaban J connectivity index is 1.50. The number of methoxy groups -OCH3 is 1. The maximum Gasteiger partial charge on any atom is 0.339 e. The van der Waals surface area contributed by atoms with Gasteiger partial charge < -0.3 is 14.8 Å². The molecule has 1 aliphatic carbocycles. The van der Waals surface area contributed by atoms with Gasteiger partial charge in [-0.15, -0.1) is 0 Å². The third kappa shape index (κ3) is 4.82. The second-order valence-corrected chi connectivity index (χ2v) is 8.02. The Kier molecular flexibility index (Phi) is 6.61. The van der Waals surface area contributed by atoms with E-state index in [1.54, 1.807) is 24.3 Å². The van der Waals surface area contributed by atoms with Crippen LogP contribution in [0.1, 0.15) is 59.5 Å². The number of nitrogens with zero attached hydrogens (tertiary/aromatic N) is 1. The van der Waals surface area contributed by atoms with E-state index in [2.05, 4.69) is 10.1 Å². The third-order valence-corrected chi connectivity index (χ3v) is 5.63. The van der Waals surface area contributed by atoms with Crippen LogP contribution in [-0.2, 0) is 14.3 Å². The average molecular weight is 502 g/mol. The van der Waals surface area contributed by atoms with Crippen molar-refractivity contribution in [2.24, 2.45) is 0 Å². The number of rotatable bonds is 6. The van der Waals surface area contributed by atoms with Crippen LogP contribution < -0.4 is 5.32 Å². The Bertz CT molecular complexity index is 1510. The standard InChI is InChI=1S/C26H18N2O9/c1-13(37-26(33)15-9-14(25(32)36-2)10-17(11-15)28(34)35)24(31)27-16-7-8-20-21(12-16)23(30)19-6-4-3-5-18(19)22(20)29/h3-13H,1-2H3,(H,27,31). The molecule has 0 saturated carbocycles. The Morgan fingerprint density at radius 3 is 2.00 bits per heavy atom. The SMILES string of the molecule is COC(=O)c1cc(C(=O)OC(C)C(=O)Nc2ccc3c(c2)C(=O)c2ccccc2C3=O)cc([N+](=O)[O-])c1. The number of amides is 1. The highest BCUT2D eigenvalue weighted by Gasteiger charge is 2.30. The maximum absolute atomic E-state index is 12.9. The summed E-state index contributed by atoms with van der Waals surface area (Å²) in [4.78, 5) is 73.1. The van der Waals surface area contributed by atoms with Crippen LogP contribution >= 0.6 is 0 Å². The van der Waals surface area contributed by atoms with Crippen LogP contribution in [0.15, 0.2) is 60.7 Å². The highest BCUT2D eigenvalue weighted by atomic mass is 16.6. The monoisotopic (exact) mass is 502 g/mol. The number of nitrogens with one attached hydrogen (secondary N) is 1. The van der Waals surface area contributed by atoms with Crippen molar-refractivity contribution in [3.63, 3.8) is 0 Å². The van der Waals surface area contributed by atoms with Crippen molar-refractivity contribution >= 4 is 40.8 Å². The first-order valence-electron chi connectivity index (χ1n) is 10.8. The zero-order valence-electron chi connectivity index (χ0n) is 19.5. The molecule has 1 N–H and O–H groups in total. The normalized spacial score (nSPS) is 12.6. The summed E-state index contributed by atoms with van der Waals surface area (Å²) < 4.78 is 9.67. The molecule has 11 nitrogen and oxygen atoms in total. The lowest BCUT2D eigenvalue weighted by Crippen LogP contribution is -2.30. The minimum atomic E-state index is -1.36. The van der Waals surface area contributed by atoms with E-state index in [4.69, 9.17) is 4.74 Å². The molecule has 1 aliphatic rings. The first-order valence-corrected chi connectivity index (χ1v) is 10.8. The number of ether oxygens (including phenoxy) is 2. The van der Waals surface area contributed by atoms with E-state index in [1.165, 1.54) is 25.1 Å². The molecule has 37 heavy (non-hydrogen) atoms. The number of carbonyl (C=O) groups is 5. The lowest BCUT2D eigenvalue weighted by Gasteiger charge is -2.19. The summed E-state index contributed by atoms with van der Waals surface area (Å²) in [7, 11) is 1.08. The van der Waals surface area contributed by atoms with E-state index in [0.717, 1.165) is 25.3 Å². The zero-order chi connectivity index (χ0) is 26.9. The Morgan fingerprint density at radius 2 is 1.41 bits per heavy atom. The van der Waals surface area contributed by atoms with Crippen molar-refractivity contribution in [1.82, 2.24) is 0 Å². The van der Waals surface area contributed by atoms with E-state index in [0.29, 0.717) is 5.56 Å². The number of carbonyl (C=O) groups excluding carboxylic acids is 5. The fraction of sp³-hybridized carbons (Fsp3) is 0.115. The molecule has 0 aliphatic heterocycles. The summed E-state index contributed by atoms with van der Waals surface area (Å²) in [5.74, 6) is -3.42. The molecule has 0 fully saturated rings. The highest BCUT2D eigenvalue weighted by molar-refractivity contribution is 6.28. The van der Waals surface area contributed by atoms with Gasteiger partial charge in [-0.3, -0.25) is 24.5 Å². The summed E-state index contributed by atoms with van der Waals surface area (Å²) in [5.41, 5.74) is -0.0343. The third-order valence-electron chi connectivity index (χ3n) is 5.63. The number of hydrogen-bond acceptors (Lipinski definition) is 9. The number of fused-ring (bicyclic) bond motifs is 2. The van der Waals surface area contributed by atoms with Gasteiger partial charge in [0.15, 0.2) is 17.7 Å². The van der Waals surface area contributed by atoms with Gasteiger partial charge in [-0.05, 0) is 31.2 Å². The second kappa shape index (κ2) is 9.82. The molecule has 0 saturated heterocycles. The van der Waals surface area contributed by atoms with Gasteiger partial charge in [0.05, 0.1) is 23.2 Å². The van der Waals surface area contributed by atoms with Crippen LogP contribution in [0.3, 0.4) is 0 Å². The Morgan fingerprint density at radius 1 is 0.838 bits per heavy atom. The van der Waals surface area contributed by atoms with Crippen molar-refractivity contribution in [3.05, 3.63) is 104 Å².